The summed E-state index contributed by atoms with van der Waals surface area (Å²) in [6, 6.07) is 6.29. The van der Waals surface area contributed by atoms with Crippen LogP contribution in [-0.2, 0) is 19.6 Å². The maximum atomic E-state index is 5.97. The summed E-state index contributed by atoms with van der Waals surface area (Å²) in [6.45, 7) is 6.83. The van der Waals surface area contributed by atoms with E-state index < -0.39 is 0 Å². The monoisotopic (exact) mass is 428 g/mol. The molecule has 9 heteroatoms. The number of azo groups is 1. The van der Waals surface area contributed by atoms with Gasteiger partial charge in [-0.3, -0.25) is 0 Å². The highest BCUT2D eigenvalue weighted by atomic mass is 16.5. The van der Waals surface area contributed by atoms with E-state index in [0.717, 1.165) is 34.8 Å². The van der Waals surface area contributed by atoms with Crippen molar-refractivity contribution in [2.75, 3.05) is 41.8 Å². The molecule has 0 aliphatic rings. The van der Waals surface area contributed by atoms with Gasteiger partial charge in [-0.05, 0) is 65.3 Å². The van der Waals surface area contributed by atoms with Crippen LogP contribution in [0.2, 0.25) is 0 Å². The van der Waals surface area contributed by atoms with Gasteiger partial charge in [0.05, 0.1) is 30.2 Å². The van der Waals surface area contributed by atoms with Crippen LogP contribution in [-0.4, -0.2) is 72.7 Å². The van der Waals surface area contributed by atoms with Crippen molar-refractivity contribution in [1.29, 1.82) is 0 Å². The van der Waals surface area contributed by atoms with Crippen LogP contribution in [0.5, 0.6) is 5.75 Å². The quantitative estimate of drug-likeness (QED) is 0.524. The number of hydrogen-bond donors (Lipinski definition) is 1. The van der Waals surface area contributed by atoms with Crippen LogP contribution in [0.3, 0.4) is 0 Å². The fourth-order valence-electron chi connectivity index (χ4n) is 3.11. The number of ether oxygens (including phenoxy) is 1. The highest BCUT2D eigenvalue weighted by Gasteiger charge is 2.08. The molecule has 0 spiro atoms. The van der Waals surface area contributed by atoms with E-state index in [4.69, 9.17) is 4.74 Å². The van der Waals surface area contributed by atoms with Crippen LogP contribution in [0.1, 0.15) is 30.7 Å². The summed E-state index contributed by atoms with van der Waals surface area (Å²) in [6.07, 6.45) is 4.00. The first-order valence-corrected chi connectivity index (χ1v) is 10.5. The Labute approximate surface area is 185 Å². The highest BCUT2D eigenvalue weighted by molar-refractivity contribution is 5.35. The molecule has 1 heterocycles. The topological polar surface area (TPSA) is 83.2 Å². The predicted octanol–water partition coefficient (Wildman–Crippen LogP) is 2.75. The number of likely N-dealkylation sites (N-methyl/N-ethyl adjacent to an activating group) is 1. The Balaban J connectivity index is 2.16. The van der Waals surface area contributed by atoms with Crippen LogP contribution in [0.4, 0.5) is 0 Å². The zero-order chi connectivity index (χ0) is 22.8. The molecular weight excluding hydrogens is 392 g/mol. The third kappa shape index (κ3) is 9.27. The Morgan fingerprint density at radius 3 is 2.55 bits per heavy atom. The lowest BCUT2D eigenvalue weighted by atomic mass is 10.1. The second kappa shape index (κ2) is 12.2. The zero-order valence-corrected chi connectivity index (χ0v) is 19.8. The lowest BCUT2D eigenvalue weighted by molar-refractivity contribution is 0.242. The van der Waals surface area contributed by atoms with Crippen LogP contribution in [0, 0.1) is 0 Å². The van der Waals surface area contributed by atoms with E-state index in [1.165, 1.54) is 0 Å². The Hall–Kier alpha value is -2.78. The minimum absolute atomic E-state index is 0.102. The van der Waals surface area contributed by atoms with E-state index in [2.05, 4.69) is 53.9 Å². The van der Waals surface area contributed by atoms with Crippen LogP contribution in [0.25, 0.3) is 0 Å². The average molecular weight is 429 g/mol. The van der Waals surface area contributed by atoms with Gasteiger partial charge in [-0.2, -0.15) is 10.2 Å². The Morgan fingerprint density at radius 1 is 1.16 bits per heavy atom. The minimum Gasteiger partial charge on any atom is -0.491 e. The summed E-state index contributed by atoms with van der Waals surface area (Å²) in [5, 5.41) is 19.9. The van der Waals surface area contributed by atoms with Crippen LogP contribution >= 0.6 is 0 Å². The van der Waals surface area contributed by atoms with E-state index in [9.17, 15) is 0 Å². The summed E-state index contributed by atoms with van der Waals surface area (Å²) in [5.74, 6) is 0.851. The SMILES string of the molecule is C/N=N\C(=C/NCc1cc(Cn2cc(CN(C)C)nn2)cc(OC(C)C)c1)CN(C)C. The Morgan fingerprint density at radius 2 is 1.90 bits per heavy atom. The highest BCUT2D eigenvalue weighted by Crippen LogP contribution is 2.20. The Bertz CT molecular complexity index is 870. The lowest BCUT2D eigenvalue weighted by Crippen LogP contribution is -2.16. The fraction of sp³-hybridized carbons (Fsp3) is 0.545. The molecule has 0 bridgehead atoms. The number of benzene rings is 1. The summed E-state index contributed by atoms with van der Waals surface area (Å²) in [7, 11) is 9.73. The molecule has 0 saturated heterocycles. The molecule has 0 atom stereocenters. The molecule has 1 N–H and O–H groups in total. The summed E-state index contributed by atoms with van der Waals surface area (Å²) >= 11 is 0. The van der Waals surface area contributed by atoms with Gasteiger partial charge >= 0.3 is 0 Å². The zero-order valence-electron chi connectivity index (χ0n) is 19.8. The molecular formula is C22H36N8O. The molecule has 0 amide bonds. The lowest BCUT2D eigenvalue weighted by Gasteiger charge is -2.14. The first-order chi connectivity index (χ1) is 14.7. The van der Waals surface area contributed by atoms with Crippen molar-refractivity contribution >= 4 is 0 Å². The number of hydrogen-bond acceptors (Lipinski definition) is 8. The van der Waals surface area contributed by atoms with Crippen molar-refractivity contribution in [3.8, 4) is 5.75 Å². The first kappa shape index (κ1) is 24.5. The van der Waals surface area contributed by atoms with Gasteiger partial charge in [0.1, 0.15) is 5.75 Å². The molecule has 0 fully saturated rings. The van der Waals surface area contributed by atoms with E-state index in [0.29, 0.717) is 19.6 Å². The molecule has 0 aliphatic heterocycles. The molecule has 0 saturated carbocycles. The standard InChI is InChI=1S/C22H36N8O/c1-17(2)31-22-9-18(11-24-12-20(25-23-3)14-28(4)5)8-19(10-22)13-30-16-21(26-27-30)15-29(6)7/h8-10,12,16-17,24H,11,13-15H2,1-7H3/b20-12-,25-23-. The second-order valence-corrected chi connectivity index (χ2v) is 8.35. The molecule has 0 radical (unpaired) electrons. The summed E-state index contributed by atoms with van der Waals surface area (Å²) in [5.41, 5.74) is 4.06. The van der Waals surface area contributed by atoms with E-state index in [1.54, 1.807) is 7.05 Å². The van der Waals surface area contributed by atoms with Crippen molar-refractivity contribution in [2.24, 2.45) is 10.2 Å². The van der Waals surface area contributed by atoms with Crippen molar-refractivity contribution in [2.45, 2.75) is 39.6 Å². The van der Waals surface area contributed by atoms with Gasteiger partial charge in [0.15, 0.2) is 0 Å². The van der Waals surface area contributed by atoms with Gasteiger partial charge in [-0.1, -0.05) is 11.3 Å². The number of rotatable bonds is 12. The van der Waals surface area contributed by atoms with Gasteiger partial charge in [-0.25, -0.2) is 4.68 Å². The minimum atomic E-state index is 0.102. The van der Waals surface area contributed by atoms with Crippen molar-refractivity contribution in [3.63, 3.8) is 0 Å². The van der Waals surface area contributed by atoms with Crippen LogP contribution < -0.4 is 10.1 Å². The van der Waals surface area contributed by atoms with Crippen LogP contribution in [0.15, 0.2) is 46.5 Å². The molecule has 1 aromatic heterocycles. The van der Waals surface area contributed by atoms with Gasteiger partial charge in [0.25, 0.3) is 0 Å². The molecule has 31 heavy (non-hydrogen) atoms. The Kier molecular flexibility index (Phi) is 9.61. The molecule has 170 valence electrons. The fourth-order valence-corrected chi connectivity index (χ4v) is 3.11. The first-order valence-electron chi connectivity index (χ1n) is 10.5. The third-order valence-corrected chi connectivity index (χ3v) is 4.09. The molecule has 1 aromatic carbocycles. The van der Waals surface area contributed by atoms with Gasteiger partial charge in [0, 0.05) is 32.9 Å². The van der Waals surface area contributed by atoms with E-state index >= 15 is 0 Å². The smallest absolute Gasteiger partial charge is 0.120 e. The van der Waals surface area contributed by atoms with Gasteiger partial charge in [0.2, 0.25) is 0 Å². The summed E-state index contributed by atoms with van der Waals surface area (Å²) < 4.78 is 7.84. The number of aromatic nitrogens is 3. The maximum Gasteiger partial charge on any atom is 0.120 e. The van der Waals surface area contributed by atoms with Gasteiger partial charge < -0.3 is 19.9 Å². The number of nitrogens with one attached hydrogen (secondary N) is 1. The molecule has 0 aliphatic carbocycles. The van der Waals surface area contributed by atoms with E-state index in [-0.39, 0.29) is 6.10 Å². The molecule has 2 aromatic rings. The van der Waals surface area contributed by atoms with Crippen molar-refractivity contribution < 1.29 is 4.74 Å². The van der Waals surface area contributed by atoms with Crippen molar-refractivity contribution in [1.82, 2.24) is 30.1 Å². The molecule has 2 rings (SSSR count). The predicted molar refractivity (Wildman–Crippen MR) is 123 cm³/mol. The third-order valence-electron chi connectivity index (χ3n) is 4.09. The molecule has 0 unspecified atom stereocenters. The van der Waals surface area contributed by atoms with Gasteiger partial charge in [-0.15, -0.1) is 5.10 Å². The normalized spacial score (nSPS) is 12.5. The average Bonchev–Trinajstić information content (AvgIpc) is 3.06. The summed E-state index contributed by atoms with van der Waals surface area (Å²) in [4.78, 5) is 4.13. The van der Waals surface area contributed by atoms with E-state index in [1.807, 2.05) is 59.1 Å². The number of nitrogens with zero attached hydrogens (tertiary/aromatic N) is 7. The second-order valence-electron chi connectivity index (χ2n) is 8.35. The maximum absolute atomic E-state index is 5.97. The van der Waals surface area contributed by atoms with Crippen molar-refractivity contribution in [3.05, 3.63) is 53.1 Å². The largest absolute Gasteiger partial charge is 0.491 e. The molecule has 9 nitrogen and oxygen atoms in total.